The van der Waals surface area contributed by atoms with Gasteiger partial charge in [0.2, 0.25) is 0 Å². The molecule has 7 nitrogen and oxygen atoms in total. The highest BCUT2D eigenvalue weighted by atomic mass is 16.6. The second-order valence-corrected chi connectivity index (χ2v) is 10.1. The maximum atomic E-state index is 12.2. The molecule has 214 valence electrons. The topological polar surface area (TPSA) is 105 Å². The molecule has 0 saturated heterocycles. The van der Waals surface area contributed by atoms with Gasteiger partial charge in [-0.15, -0.1) is 12.8 Å². The van der Waals surface area contributed by atoms with Crippen molar-refractivity contribution in [2.75, 3.05) is 26.4 Å². The number of carbonyl (C=O) groups excluding carboxylic acids is 1. The van der Waals surface area contributed by atoms with Gasteiger partial charge in [0, 0.05) is 6.42 Å². The average molecular weight is 541 g/mol. The number of allylic oxidation sites excluding steroid dienone is 2. The van der Waals surface area contributed by atoms with Crippen LogP contribution in [0.4, 0.5) is 0 Å². The molecule has 5 atom stereocenters. The van der Waals surface area contributed by atoms with Gasteiger partial charge >= 0.3 is 5.97 Å². The number of terminal acetylenes is 2. The van der Waals surface area contributed by atoms with Crippen LogP contribution in [0.3, 0.4) is 0 Å². The van der Waals surface area contributed by atoms with Crippen LogP contribution in [0, 0.1) is 36.5 Å². The molecular weight excluding hydrogens is 496 g/mol. The number of esters is 1. The second kappa shape index (κ2) is 19.4. The van der Waals surface area contributed by atoms with E-state index in [-0.39, 0.29) is 50.7 Å². The van der Waals surface area contributed by atoms with Gasteiger partial charge < -0.3 is 29.5 Å². The fourth-order valence-corrected chi connectivity index (χ4v) is 5.01. The van der Waals surface area contributed by atoms with Gasteiger partial charge in [-0.2, -0.15) is 0 Å². The van der Waals surface area contributed by atoms with Crippen LogP contribution in [0.25, 0.3) is 0 Å². The molecule has 1 aliphatic carbocycles. The second-order valence-electron chi connectivity index (χ2n) is 10.1. The standard InChI is InChI=1S/C32H44O7/c1-3-20-37-23-27(24-38-21-4-2)39-32(36)15-11-6-5-10-14-28-29(31(35)22-30(28)34)19-18-26(33)17-16-25-12-8-7-9-13-25/h1-2,5,7-10,12-13,26-31,33-35H,6,11,14-24H2/b10-5-/t26-,28+,29+,30-,31+/m0/s1. The Hall–Kier alpha value is -2.65. The Bertz CT molecular complexity index is 897. The molecule has 2 rings (SSSR count). The first kappa shape index (κ1) is 32.6. The molecule has 7 heteroatoms. The Labute approximate surface area is 233 Å². The molecule has 0 bridgehead atoms. The number of aryl methyl sites for hydroxylation is 1. The fourth-order valence-electron chi connectivity index (χ4n) is 5.01. The van der Waals surface area contributed by atoms with Crippen molar-refractivity contribution in [2.24, 2.45) is 11.8 Å². The van der Waals surface area contributed by atoms with E-state index in [1.165, 1.54) is 5.56 Å². The molecule has 3 N–H and O–H groups in total. The molecule has 0 radical (unpaired) electrons. The number of unbranched alkanes of at least 4 members (excludes halogenated alkanes) is 1. The molecule has 39 heavy (non-hydrogen) atoms. The van der Waals surface area contributed by atoms with Crippen LogP contribution in [0.5, 0.6) is 0 Å². The minimum atomic E-state index is -0.571. The number of hydrogen-bond donors (Lipinski definition) is 3. The summed E-state index contributed by atoms with van der Waals surface area (Å²) in [6.07, 6.45) is 17.6. The summed E-state index contributed by atoms with van der Waals surface area (Å²) in [7, 11) is 0. The molecule has 1 fully saturated rings. The maximum absolute atomic E-state index is 12.2. The van der Waals surface area contributed by atoms with E-state index in [0.29, 0.717) is 44.9 Å². The summed E-state index contributed by atoms with van der Waals surface area (Å²) in [6, 6.07) is 10.1. The Balaban J connectivity index is 1.68. The van der Waals surface area contributed by atoms with Gasteiger partial charge in [0.15, 0.2) is 0 Å². The lowest BCUT2D eigenvalue weighted by molar-refractivity contribution is -0.155. The Morgan fingerprint density at radius 1 is 1.00 bits per heavy atom. The molecule has 0 aromatic heterocycles. The van der Waals surface area contributed by atoms with Crippen LogP contribution >= 0.6 is 0 Å². The number of ether oxygens (including phenoxy) is 3. The number of hydrogen-bond acceptors (Lipinski definition) is 7. The van der Waals surface area contributed by atoms with Gasteiger partial charge in [-0.25, -0.2) is 0 Å². The molecule has 0 unspecified atom stereocenters. The van der Waals surface area contributed by atoms with Gasteiger partial charge in [-0.3, -0.25) is 4.79 Å². The summed E-state index contributed by atoms with van der Waals surface area (Å²) in [5.41, 5.74) is 1.20. The Morgan fingerprint density at radius 2 is 1.67 bits per heavy atom. The van der Waals surface area contributed by atoms with Crippen molar-refractivity contribution in [2.45, 2.75) is 82.2 Å². The molecule has 1 saturated carbocycles. The van der Waals surface area contributed by atoms with E-state index in [9.17, 15) is 20.1 Å². The van der Waals surface area contributed by atoms with E-state index in [1.54, 1.807) is 0 Å². The lowest BCUT2D eigenvalue weighted by atomic mass is 9.85. The van der Waals surface area contributed by atoms with Crippen molar-refractivity contribution in [3.8, 4) is 24.7 Å². The molecule has 1 aliphatic rings. The molecule has 0 spiro atoms. The minimum absolute atomic E-state index is 0.0451. The summed E-state index contributed by atoms with van der Waals surface area (Å²) in [6.45, 7) is 0.523. The minimum Gasteiger partial charge on any atom is -0.457 e. The normalized spacial score (nSPS) is 21.6. The van der Waals surface area contributed by atoms with Crippen molar-refractivity contribution in [1.82, 2.24) is 0 Å². The van der Waals surface area contributed by atoms with E-state index in [0.717, 1.165) is 6.42 Å². The zero-order valence-electron chi connectivity index (χ0n) is 22.8. The third kappa shape index (κ3) is 13.3. The van der Waals surface area contributed by atoms with Gasteiger partial charge in [0.1, 0.15) is 19.3 Å². The molecular formula is C32H44O7. The van der Waals surface area contributed by atoms with Crippen LogP contribution < -0.4 is 0 Å². The van der Waals surface area contributed by atoms with Crippen molar-refractivity contribution in [1.29, 1.82) is 0 Å². The molecule has 0 aliphatic heterocycles. The van der Waals surface area contributed by atoms with Crippen molar-refractivity contribution < 1.29 is 34.3 Å². The molecule has 1 aromatic carbocycles. The van der Waals surface area contributed by atoms with Crippen molar-refractivity contribution in [3.63, 3.8) is 0 Å². The Kier molecular flexibility index (Phi) is 16.2. The fraction of sp³-hybridized carbons (Fsp3) is 0.594. The number of aliphatic hydroxyl groups excluding tert-OH is 3. The quantitative estimate of drug-likeness (QED) is 0.107. The van der Waals surface area contributed by atoms with Crippen LogP contribution in [0.1, 0.15) is 56.9 Å². The highest BCUT2D eigenvalue weighted by Gasteiger charge is 2.40. The van der Waals surface area contributed by atoms with Crippen LogP contribution in [0.15, 0.2) is 42.5 Å². The van der Waals surface area contributed by atoms with E-state index < -0.39 is 24.4 Å². The number of rotatable bonds is 19. The highest BCUT2D eigenvalue weighted by molar-refractivity contribution is 5.69. The molecule has 1 aromatic rings. The summed E-state index contributed by atoms with van der Waals surface area (Å²) in [4.78, 5) is 12.2. The monoisotopic (exact) mass is 540 g/mol. The summed E-state index contributed by atoms with van der Waals surface area (Å²) >= 11 is 0. The first-order valence-electron chi connectivity index (χ1n) is 13.9. The summed E-state index contributed by atoms with van der Waals surface area (Å²) in [5.74, 6) is 4.29. The van der Waals surface area contributed by atoms with Crippen molar-refractivity contribution in [3.05, 3.63) is 48.0 Å². The van der Waals surface area contributed by atoms with E-state index in [1.807, 2.05) is 30.4 Å². The summed E-state index contributed by atoms with van der Waals surface area (Å²) in [5, 5.41) is 31.5. The third-order valence-corrected chi connectivity index (χ3v) is 7.07. The zero-order valence-corrected chi connectivity index (χ0v) is 22.8. The molecule has 0 heterocycles. The number of benzene rings is 1. The lowest BCUT2D eigenvalue weighted by Crippen LogP contribution is -2.28. The van der Waals surface area contributed by atoms with Crippen LogP contribution in [0.2, 0.25) is 0 Å². The maximum Gasteiger partial charge on any atom is 0.306 e. The number of aliphatic hydroxyl groups is 3. The Morgan fingerprint density at radius 3 is 2.33 bits per heavy atom. The largest absolute Gasteiger partial charge is 0.457 e. The average Bonchev–Trinajstić information content (AvgIpc) is 3.20. The van der Waals surface area contributed by atoms with Gasteiger partial charge in [0.05, 0.1) is 31.5 Å². The molecule has 0 amide bonds. The van der Waals surface area contributed by atoms with Crippen LogP contribution in [-0.2, 0) is 25.4 Å². The van der Waals surface area contributed by atoms with Crippen molar-refractivity contribution >= 4 is 5.97 Å². The smallest absolute Gasteiger partial charge is 0.306 e. The van der Waals surface area contributed by atoms with Crippen LogP contribution in [-0.4, -0.2) is 72.1 Å². The van der Waals surface area contributed by atoms with Gasteiger partial charge in [-0.05, 0) is 68.8 Å². The van der Waals surface area contributed by atoms with Gasteiger partial charge in [0.25, 0.3) is 0 Å². The first-order valence-corrected chi connectivity index (χ1v) is 13.9. The van der Waals surface area contributed by atoms with E-state index in [4.69, 9.17) is 27.1 Å². The van der Waals surface area contributed by atoms with E-state index in [2.05, 4.69) is 24.0 Å². The lowest BCUT2D eigenvalue weighted by Gasteiger charge is -2.23. The van der Waals surface area contributed by atoms with E-state index >= 15 is 0 Å². The summed E-state index contributed by atoms with van der Waals surface area (Å²) < 4.78 is 15.9. The zero-order chi connectivity index (χ0) is 28.3. The van der Waals surface area contributed by atoms with Gasteiger partial charge in [-0.1, -0.05) is 54.3 Å². The highest BCUT2D eigenvalue weighted by Crippen LogP contribution is 2.38. The first-order chi connectivity index (χ1) is 18.9. The predicted molar refractivity (Wildman–Crippen MR) is 150 cm³/mol. The SMILES string of the molecule is C#CCOCC(COCC#C)OC(=O)CCC/C=C\C[C@@H]1[C@@H](CC[C@@H](O)CCc2ccccc2)[C@H](O)C[C@@H]1O. The predicted octanol–water partition coefficient (Wildman–Crippen LogP) is 3.45. The third-order valence-electron chi connectivity index (χ3n) is 7.07. The number of carbonyl (C=O) groups is 1.